The first-order valence-corrected chi connectivity index (χ1v) is 6.21. The maximum Gasteiger partial charge on any atom is 0.411 e. The monoisotopic (exact) mass is 318 g/mol. The van der Waals surface area contributed by atoms with Gasteiger partial charge >= 0.3 is 6.18 Å². The number of hydrogen-bond acceptors (Lipinski definition) is 7. The highest BCUT2D eigenvalue weighted by Crippen LogP contribution is 2.14. The van der Waals surface area contributed by atoms with Crippen LogP contribution in [0.1, 0.15) is 0 Å². The molecule has 122 valence electrons. The van der Waals surface area contributed by atoms with Crippen LogP contribution in [0, 0.1) is 34.0 Å². The molecular formula is C12H17F3N6O. The highest BCUT2D eigenvalue weighted by atomic mass is 19.4. The van der Waals surface area contributed by atoms with Crippen molar-refractivity contribution in [2.75, 3.05) is 53.4 Å². The number of nitrogens with zero attached hydrogens (tertiary/aromatic N) is 6. The van der Waals surface area contributed by atoms with Crippen LogP contribution in [-0.2, 0) is 4.74 Å². The van der Waals surface area contributed by atoms with E-state index in [0.717, 1.165) is 0 Å². The third-order valence-electron chi connectivity index (χ3n) is 2.31. The average Bonchev–Trinajstić information content (AvgIpc) is 2.37. The highest BCUT2D eigenvalue weighted by molar-refractivity contribution is 4.81. The molecule has 7 nitrogen and oxygen atoms in total. The number of nitriles is 3. The van der Waals surface area contributed by atoms with Crippen molar-refractivity contribution in [3.8, 4) is 18.2 Å². The van der Waals surface area contributed by atoms with Crippen LogP contribution in [0.4, 0.5) is 13.2 Å². The summed E-state index contributed by atoms with van der Waals surface area (Å²) in [7, 11) is 1.67. The summed E-state index contributed by atoms with van der Waals surface area (Å²) in [4.78, 5) is 4.56. The van der Waals surface area contributed by atoms with E-state index < -0.39 is 12.8 Å². The Bertz CT molecular complexity index is 436. The quantitative estimate of drug-likeness (QED) is 0.429. The fraction of sp³-hybridized carbons (Fsp3) is 0.750. The van der Waals surface area contributed by atoms with Gasteiger partial charge in [-0.1, -0.05) is 0 Å². The lowest BCUT2D eigenvalue weighted by Crippen LogP contribution is -2.44. The number of ether oxygens (including phenoxy) is 1. The van der Waals surface area contributed by atoms with Crippen molar-refractivity contribution in [3.63, 3.8) is 0 Å². The van der Waals surface area contributed by atoms with Gasteiger partial charge in [0.25, 0.3) is 0 Å². The van der Waals surface area contributed by atoms with Gasteiger partial charge in [0, 0.05) is 0 Å². The predicted octanol–water partition coefficient (Wildman–Crippen LogP) is 0.544. The highest BCUT2D eigenvalue weighted by Gasteiger charge is 2.27. The number of hydrogen-bond donors (Lipinski definition) is 0. The summed E-state index contributed by atoms with van der Waals surface area (Å²) in [5, 5.41) is 26.0. The lowest BCUT2D eigenvalue weighted by atomic mass is 10.5. The molecular weight excluding hydrogens is 301 g/mol. The third kappa shape index (κ3) is 10.8. The van der Waals surface area contributed by atoms with Crippen LogP contribution in [0.5, 0.6) is 0 Å². The minimum atomic E-state index is -4.43. The molecule has 0 aliphatic heterocycles. The lowest BCUT2D eigenvalue weighted by Gasteiger charge is -2.29. The Kier molecular flexibility index (Phi) is 9.84. The van der Waals surface area contributed by atoms with Crippen LogP contribution in [0.15, 0.2) is 0 Å². The number of halogens is 3. The summed E-state index contributed by atoms with van der Waals surface area (Å²) in [5.74, 6) is 0. The van der Waals surface area contributed by atoms with Gasteiger partial charge in [-0.25, -0.2) is 0 Å². The van der Waals surface area contributed by atoms with Gasteiger partial charge in [-0.3, -0.25) is 14.7 Å². The molecule has 0 aromatic rings. The largest absolute Gasteiger partial charge is 0.411 e. The van der Waals surface area contributed by atoms with E-state index in [0.29, 0.717) is 0 Å². The second-order valence-corrected chi connectivity index (χ2v) is 4.52. The van der Waals surface area contributed by atoms with Crippen molar-refractivity contribution < 1.29 is 17.9 Å². The van der Waals surface area contributed by atoms with Gasteiger partial charge in [0.2, 0.25) is 0 Å². The SMILES string of the molecule is CN(CC#N)CN(CC#N)CN(CC#N)COCC(F)(F)F. The minimum absolute atomic E-state index is 0.0109. The van der Waals surface area contributed by atoms with Crippen molar-refractivity contribution in [2.24, 2.45) is 0 Å². The van der Waals surface area contributed by atoms with Crippen molar-refractivity contribution in [1.82, 2.24) is 14.7 Å². The predicted molar refractivity (Wildman–Crippen MR) is 69.5 cm³/mol. The van der Waals surface area contributed by atoms with Crippen molar-refractivity contribution in [2.45, 2.75) is 6.18 Å². The molecule has 0 N–H and O–H groups in total. The van der Waals surface area contributed by atoms with E-state index in [9.17, 15) is 13.2 Å². The van der Waals surface area contributed by atoms with Crippen LogP contribution in [0.2, 0.25) is 0 Å². The standard InChI is InChI=1S/C12H17F3N6O/c1-19(5-2-16)9-20(6-3-17)10-21(7-4-18)11-22-8-12(13,14)15/h5-11H2,1H3. The average molecular weight is 318 g/mol. The summed E-state index contributed by atoms with van der Waals surface area (Å²) in [6.07, 6.45) is -4.43. The summed E-state index contributed by atoms with van der Waals surface area (Å²) >= 11 is 0. The first kappa shape index (κ1) is 20.1. The van der Waals surface area contributed by atoms with Crippen LogP contribution >= 0.6 is 0 Å². The van der Waals surface area contributed by atoms with E-state index in [1.165, 1.54) is 4.90 Å². The zero-order valence-corrected chi connectivity index (χ0v) is 12.2. The topological polar surface area (TPSA) is 90.3 Å². The molecule has 0 fully saturated rings. The molecule has 0 bridgehead atoms. The molecule has 0 saturated carbocycles. The lowest BCUT2D eigenvalue weighted by molar-refractivity contribution is -0.184. The van der Waals surface area contributed by atoms with E-state index in [-0.39, 0.29) is 39.7 Å². The van der Waals surface area contributed by atoms with E-state index in [1.54, 1.807) is 16.8 Å². The molecule has 0 aromatic heterocycles. The Morgan fingerprint density at radius 3 is 1.95 bits per heavy atom. The second kappa shape index (κ2) is 10.8. The Balaban J connectivity index is 4.49. The molecule has 0 saturated heterocycles. The molecule has 0 atom stereocenters. The fourth-order valence-corrected chi connectivity index (χ4v) is 1.57. The Morgan fingerprint density at radius 2 is 1.45 bits per heavy atom. The Labute approximate surface area is 127 Å². The summed E-state index contributed by atoms with van der Waals surface area (Å²) in [5.41, 5.74) is 0. The maximum absolute atomic E-state index is 12.0. The zero-order chi connectivity index (χ0) is 17.0. The van der Waals surface area contributed by atoms with Crippen molar-refractivity contribution in [1.29, 1.82) is 15.8 Å². The van der Waals surface area contributed by atoms with E-state index in [1.807, 2.05) is 18.2 Å². The van der Waals surface area contributed by atoms with Gasteiger partial charge in [-0.15, -0.1) is 0 Å². The van der Waals surface area contributed by atoms with Gasteiger partial charge < -0.3 is 4.74 Å². The molecule has 0 aliphatic rings. The second-order valence-electron chi connectivity index (χ2n) is 4.52. The molecule has 0 spiro atoms. The third-order valence-corrected chi connectivity index (χ3v) is 2.31. The molecule has 0 radical (unpaired) electrons. The molecule has 0 heterocycles. The molecule has 0 amide bonds. The minimum Gasteiger partial charge on any atom is -0.357 e. The molecule has 0 rings (SSSR count). The fourth-order valence-electron chi connectivity index (χ4n) is 1.57. The van der Waals surface area contributed by atoms with Crippen molar-refractivity contribution >= 4 is 0 Å². The maximum atomic E-state index is 12.0. The Morgan fingerprint density at radius 1 is 0.909 bits per heavy atom. The first-order valence-electron chi connectivity index (χ1n) is 6.21. The smallest absolute Gasteiger partial charge is 0.357 e. The van der Waals surface area contributed by atoms with Gasteiger partial charge in [-0.2, -0.15) is 29.0 Å². The van der Waals surface area contributed by atoms with Gasteiger partial charge in [0.05, 0.1) is 51.2 Å². The molecule has 22 heavy (non-hydrogen) atoms. The first-order chi connectivity index (χ1) is 10.3. The Hall–Kier alpha value is -1.90. The molecule has 10 heteroatoms. The number of rotatable bonds is 10. The van der Waals surface area contributed by atoms with Crippen LogP contribution in [0.3, 0.4) is 0 Å². The summed E-state index contributed by atoms with van der Waals surface area (Å²) in [6, 6.07) is 5.70. The van der Waals surface area contributed by atoms with Crippen LogP contribution in [0.25, 0.3) is 0 Å². The van der Waals surface area contributed by atoms with Gasteiger partial charge in [-0.05, 0) is 7.05 Å². The van der Waals surface area contributed by atoms with E-state index in [2.05, 4.69) is 4.74 Å². The van der Waals surface area contributed by atoms with Gasteiger partial charge in [0.1, 0.15) is 13.3 Å². The summed E-state index contributed by atoms with van der Waals surface area (Å²) in [6.45, 7) is -1.42. The van der Waals surface area contributed by atoms with E-state index >= 15 is 0 Å². The molecule has 0 unspecified atom stereocenters. The summed E-state index contributed by atoms with van der Waals surface area (Å²) < 4.78 is 40.6. The van der Waals surface area contributed by atoms with Crippen LogP contribution in [-0.4, -0.2) is 74.2 Å². The number of alkyl halides is 3. The zero-order valence-electron chi connectivity index (χ0n) is 12.2. The molecule has 0 aromatic carbocycles. The van der Waals surface area contributed by atoms with Crippen molar-refractivity contribution in [3.05, 3.63) is 0 Å². The van der Waals surface area contributed by atoms with Gasteiger partial charge in [0.15, 0.2) is 0 Å². The van der Waals surface area contributed by atoms with E-state index in [4.69, 9.17) is 15.8 Å². The normalized spacial score (nSPS) is 11.5. The van der Waals surface area contributed by atoms with Crippen LogP contribution < -0.4 is 0 Å². The molecule has 0 aliphatic carbocycles.